The molecule has 0 radical (unpaired) electrons. The van der Waals surface area contributed by atoms with Crippen LogP contribution in [0, 0.1) is 11.3 Å². The van der Waals surface area contributed by atoms with Crippen molar-refractivity contribution in [2.45, 2.75) is 25.7 Å². The van der Waals surface area contributed by atoms with E-state index in [0.29, 0.717) is 5.92 Å². The summed E-state index contributed by atoms with van der Waals surface area (Å²) in [5.74, 6) is 0.710. The highest BCUT2D eigenvalue weighted by atomic mass is 16.5. The van der Waals surface area contributed by atoms with E-state index in [1.165, 1.54) is 25.7 Å². The number of fused-ring (bicyclic) bond motifs is 1. The van der Waals surface area contributed by atoms with E-state index >= 15 is 0 Å². The lowest BCUT2D eigenvalue weighted by Gasteiger charge is -2.37. The van der Waals surface area contributed by atoms with E-state index in [4.69, 9.17) is 10.5 Å². The monoisotopic (exact) mass is 226 g/mol. The summed E-state index contributed by atoms with van der Waals surface area (Å²) in [4.78, 5) is 13.6. The topological polar surface area (TPSA) is 55.6 Å². The molecule has 1 amide bonds. The van der Waals surface area contributed by atoms with Gasteiger partial charge in [-0.25, -0.2) is 0 Å². The summed E-state index contributed by atoms with van der Waals surface area (Å²) >= 11 is 0. The van der Waals surface area contributed by atoms with Crippen LogP contribution in [0.25, 0.3) is 0 Å². The van der Waals surface area contributed by atoms with Crippen LogP contribution in [0.1, 0.15) is 25.7 Å². The highest BCUT2D eigenvalue weighted by Crippen LogP contribution is 2.46. The van der Waals surface area contributed by atoms with Crippen molar-refractivity contribution in [3.63, 3.8) is 0 Å². The molecule has 2 N–H and O–H groups in total. The van der Waals surface area contributed by atoms with Crippen molar-refractivity contribution in [2.24, 2.45) is 17.1 Å². The lowest BCUT2D eigenvalue weighted by atomic mass is 9.69. The summed E-state index contributed by atoms with van der Waals surface area (Å²) in [5, 5.41) is 0. The molecule has 16 heavy (non-hydrogen) atoms. The van der Waals surface area contributed by atoms with Gasteiger partial charge in [-0.3, -0.25) is 4.79 Å². The first kappa shape index (κ1) is 11.9. The van der Waals surface area contributed by atoms with E-state index in [-0.39, 0.29) is 17.9 Å². The predicted molar refractivity (Wildman–Crippen MR) is 61.9 cm³/mol. The average Bonchev–Trinajstić information content (AvgIpc) is 2.67. The van der Waals surface area contributed by atoms with E-state index in [0.717, 1.165) is 19.7 Å². The van der Waals surface area contributed by atoms with E-state index in [1.54, 1.807) is 7.11 Å². The Labute approximate surface area is 97.1 Å². The third-order valence-electron chi connectivity index (χ3n) is 4.25. The van der Waals surface area contributed by atoms with Crippen molar-refractivity contribution in [3.05, 3.63) is 0 Å². The van der Waals surface area contributed by atoms with Crippen molar-refractivity contribution in [3.8, 4) is 0 Å². The lowest BCUT2D eigenvalue weighted by Crippen LogP contribution is -2.39. The molecule has 1 saturated carbocycles. The number of ether oxygens (including phenoxy) is 1. The Morgan fingerprint density at radius 3 is 3.06 bits per heavy atom. The van der Waals surface area contributed by atoms with Crippen LogP contribution in [0.3, 0.4) is 0 Å². The number of methoxy groups -OCH3 is 1. The van der Waals surface area contributed by atoms with E-state index < -0.39 is 0 Å². The number of carbonyl (C=O) groups excluding carboxylic acids is 1. The molecule has 92 valence electrons. The Hall–Kier alpha value is -0.610. The van der Waals surface area contributed by atoms with Crippen molar-refractivity contribution < 1.29 is 9.53 Å². The van der Waals surface area contributed by atoms with Crippen LogP contribution >= 0.6 is 0 Å². The lowest BCUT2D eigenvalue weighted by molar-refractivity contribution is -0.129. The summed E-state index contributed by atoms with van der Waals surface area (Å²) in [7, 11) is 1.76. The number of hydrogen-bond donors (Lipinski definition) is 1. The summed E-state index contributed by atoms with van der Waals surface area (Å²) in [6, 6.07) is 0. The van der Waals surface area contributed by atoms with E-state index in [9.17, 15) is 4.79 Å². The molecule has 2 aliphatic rings. The zero-order valence-corrected chi connectivity index (χ0v) is 10.1. The zero-order valence-electron chi connectivity index (χ0n) is 10.1. The SMILES string of the molecule is COC[C@@]12CCCC[C@H]1CN(C(=O)CN)C2. The van der Waals surface area contributed by atoms with Gasteiger partial charge in [0.2, 0.25) is 5.91 Å². The molecule has 0 aromatic heterocycles. The summed E-state index contributed by atoms with van der Waals surface area (Å²) in [5.41, 5.74) is 5.66. The molecular formula is C12H22N2O2. The molecule has 1 aliphatic heterocycles. The predicted octanol–water partition coefficient (Wildman–Crippen LogP) is 0.610. The van der Waals surface area contributed by atoms with Gasteiger partial charge in [0.1, 0.15) is 0 Å². The molecule has 0 unspecified atom stereocenters. The Morgan fingerprint density at radius 1 is 1.56 bits per heavy atom. The summed E-state index contributed by atoms with van der Waals surface area (Å²) in [6.45, 7) is 2.66. The number of nitrogens with zero attached hydrogens (tertiary/aromatic N) is 1. The van der Waals surface area contributed by atoms with Crippen molar-refractivity contribution >= 4 is 5.91 Å². The van der Waals surface area contributed by atoms with Gasteiger partial charge in [0.15, 0.2) is 0 Å². The standard InChI is InChI=1S/C12H22N2O2/c1-16-9-12-5-3-2-4-10(12)7-14(8-12)11(15)6-13/h10H,2-9,13H2,1H3/t10-,12-/m0/s1. The zero-order chi connectivity index (χ0) is 11.6. The molecule has 0 aromatic rings. The van der Waals surface area contributed by atoms with Crippen LogP contribution in [-0.4, -0.2) is 44.2 Å². The van der Waals surface area contributed by atoms with Gasteiger partial charge in [-0.1, -0.05) is 12.8 Å². The number of carbonyl (C=O) groups is 1. The van der Waals surface area contributed by atoms with Crippen molar-refractivity contribution in [2.75, 3.05) is 33.4 Å². The highest BCUT2D eigenvalue weighted by molar-refractivity contribution is 5.78. The molecule has 4 nitrogen and oxygen atoms in total. The van der Waals surface area contributed by atoms with Gasteiger partial charge < -0.3 is 15.4 Å². The van der Waals surface area contributed by atoms with Gasteiger partial charge in [0.25, 0.3) is 0 Å². The molecule has 2 atom stereocenters. The van der Waals surface area contributed by atoms with Crippen LogP contribution in [0.15, 0.2) is 0 Å². The minimum absolute atomic E-state index is 0.0879. The second-order valence-electron chi connectivity index (χ2n) is 5.22. The average molecular weight is 226 g/mol. The number of amides is 1. The first-order valence-corrected chi connectivity index (χ1v) is 6.18. The van der Waals surface area contributed by atoms with Crippen molar-refractivity contribution in [1.29, 1.82) is 0 Å². The van der Waals surface area contributed by atoms with Crippen LogP contribution in [0.4, 0.5) is 0 Å². The quantitative estimate of drug-likeness (QED) is 0.767. The van der Waals surface area contributed by atoms with Gasteiger partial charge in [-0.2, -0.15) is 0 Å². The van der Waals surface area contributed by atoms with Crippen LogP contribution < -0.4 is 5.73 Å². The third-order valence-corrected chi connectivity index (χ3v) is 4.25. The Morgan fingerprint density at radius 2 is 2.38 bits per heavy atom. The van der Waals surface area contributed by atoms with Gasteiger partial charge in [-0.15, -0.1) is 0 Å². The number of hydrogen-bond acceptors (Lipinski definition) is 3. The minimum atomic E-state index is 0.0879. The Balaban J connectivity index is 2.10. The maximum atomic E-state index is 11.7. The summed E-state index contributed by atoms with van der Waals surface area (Å²) in [6.07, 6.45) is 4.99. The highest BCUT2D eigenvalue weighted by Gasteiger charge is 2.48. The maximum absolute atomic E-state index is 11.7. The smallest absolute Gasteiger partial charge is 0.236 e. The van der Waals surface area contributed by atoms with Gasteiger partial charge >= 0.3 is 0 Å². The van der Waals surface area contributed by atoms with Crippen LogP contribution in [-0.2, 0) is 9.53 Å². The second kappa shape index (κ2) is 4.72. The van der Waals surface area contributed by atoms with Gasteiger partial charge in [-0.05, 0) is 18.8 Å². The molecule has 2 fully saturated rings. The fourth-order valence-electron chi connectivity index (χ4n) is 3.42. The normalized spacial score (nSPS) is 33.9. The Kier molecular flexibility index (Phi) is 3.50. The van der Waals surface area contributed by atoms with Crippen LogP contribution in [0.5, 0.6) is 0 Å². The molecule has 1 saturated heterocycles. The fourth-order valence-corrected chi connectivity index (χ4v) is 3.42. The van der Waals surface area contributed by atoms with Crippen LogP contribution in [0.2, 0.25) is 0 Å². The molecule has 0 aromatic carbocycles. The molecule has 1 aliphatic carbocycles. The molecule has 1 heterocycles. The number of nitrogens with two attached hydrogens (primary N) is 1. The van der Waals surface area contributed by atoms with Crippen molar-refractivity contribution in [1.82, 2.24) is 4.90 Å². The summed E-state index contributed by atoms with van der Waals surface area (Å²) < 4.78 is 5.38. The molecule has 0 bridgehead atoms. The molecule has 0 spiro atoms. The van der Waals surface area contributed by atoms with E-state index in [1.807, 2.05) is 4.90 Å². The Bertz CT molecular complexity index is 266. The van der Waals surface area contributed by atoms with Gasteiger partial charge in [0.05, 0.1) is 13.2 Å². The second-order valence-corrected chi connectivity index (χ2v) is 5.22. The number of rotatable bonds is 3. The fraction of sp³-hybridized carbons (Fsp3) is 0.917. The molecular weight excluding hydrogens is 204 g/mol. The first-order valence-electron chi connectivity index (χ1n) is 6.18. The number of likely N-dealkylation sites (tertiary alicyclic amines) is 1. The molecule has 4 heteroatoms. The van der Waals surface area contributed by atoms with E-state index in [2.05, 4.69) is 0 Å². The van der Waals surface area contributed by atoms with Gasteiger partial charge in [0, 0.05) is 25.6 Å². The maximum Gasteiger partial charge on any atom is 0.236 e. The minimum Gasteiger partial charge on any atom is -0.384 e. The molecule has 2 rings (SSSR count). The first-order chi connectivity index (χ1) is 7.72. The largest absolute Gasteiger partial charge is 0.384 e. The third kappa shape index (κ3) is 1.96.